The number of nitrogens with two attached hydrogens (primary N) is 1. The van der Waals surface area contributed by atoms with Crippen LogP contribution in [0.1, 0.15) is 28.7 Å². The normalized spacial score (nSPS) is 11.2. The standard InChI is InChI=1S/C22H24N4O2/c1-15-7-8-17(11-16(15)2)12-22(28)25-24-13-18-14-26(10-9-21(23)27)20-6-4-3-5-19(18)20/h3-8,11,13-14H,9-10,12H2,1-2H3,(H2,23,27)(H,25,28)/b24-13-. The summed E-state index contributed by atoms with van der Waals surface area (Å²) in [6, 6.07) is 13.8. The van der Waals surface area contributed by atoms with Crippen molar-refractivity contribution in [3.05, 3.63) is 70.9 Å². The highest BCUT2D eigenvalue weighted by Crippen LogP contribution is 2.20. The SMILES string of the molecule is Cc1ccc(CC(=O)N/N=C\c2cn(CCC(N)=O)c3ccccc23)cc1C. The largest absolute Gasteiger partial charge is 0.370 e. The molecule has 0 spiro atoms. The van der Waals surface area contributed by atoms with Crippen molar-refractivity contribution < 1.29 is 9.59 Å². The van der Waals surface area contributed by atoms with Gasteiger partial charge in [-0.1, -0.05) is 36.4 Å². The number of hydrogen-bond donors (Lipinski definition) is 2. The summed E-state index contributed by atoms with van der Waals surface area (Å²) in [6.07, 6.45) is 4.08. The number of rotatable bonds is 7. The van der Waals surface area contributed by atoms with Crippen LogP contribution in [-0.4, -0.2) is 22.6 Å². The van der Waals surface area contributed by atoms with Gasteiger partial charge >= 0.3 is 0 Å². The van der Waals surface area contributed by atoms with E-state index in [1.807, 2.05) is 67.1 Å². The third-order valence-electron chi connectivity index (χ3n) is 4.75. The molecule has 6 heteroatoms. The zero-order chi connectivity index (χ0) is 20.1. The molecule has 2 aromatic carbocycles. The number of fused-ring (bicyclic) bond motifs is 1. The van der Waals surface area contributed by atoms with E-state index in [-0.39, 0.29) is 24.7 Å². The molecule has 0 aliphatic heterocycles. The summed E-state index contributed by atoms with van der Waals surface area (Å²) in [5.74, 6) is -0.511. The minimum atomic E-state index is -0.341. The lowest BCUT2D eigenvalue weighted by Gasteiger charge is -2.04. The van der Waals surface area contributed by atoms with Gasteiger partial charge in [-0.2, -0.15) is 5.10 Å². The average Bonchev–Trinajstić information content (AvgIpc) is 3.01. The summed E-state index contributed by atoms with van der Waals surface area (Å²) in [4.78, 5) is 23.3. The van der Waals surface area contributed by atoms with E-state index in [1.165, 1.54) is 5.56 Å². The molecule has 0 unspecified atom stereocenters. The minimum Gasteiger partial charge on any atom is -0.370 e. The Balaban J connectivity index is 1.69. The van der Waals surface area contributed by atoms with Crippen LogP contribution in [0.25, 0.3) is 10.9 Å². The summed E-state index contributed by atoms with van der Waals surface area (Å²) in [5.41, 5.74) is 13.0. The molecule has 0 atom stereocenters. The molecule has 0 saturated heterocycles. The van der Waals surface area contributed by atoms with E-state index in [0.717, 1.165) is 27.6 Å². The van der Waals surface area contributed by atoms with Gasteiger partial charge in [0.05, 0.1) is 12.6 Å². The molecule has 0 saturated carbocycles. The molecule has 6 nitrogen and oxygen atoms in total. The maximum absolute atomic E-state index is 12.2. The number of carbonyl (C=O) groups is 2. The predicted octanol–water partition coefficient (Wildman–Crippen LogP) is 2.83. The Morgan fingerprint density at radius 1 is 1.14 bits per heavy atom. The topological polar surface area (TPSA) is 89.5 Å². The summed E-state index contributed by atoms with van der Waals surface area (Å²) in [5, 5.41) is 5.11. The Hall–Kier alpha value is -3.41. The summed E-state index contributed by atoms with van der Waals surface area (Å²) in [6.45, 7) is 4.58. The maximum atomic E-state index is 12.2. The second kappa shape index (κ2) is 8.52. The number of aryl methyl sites for hydroxylation is 3. The van der Waals surface area contributed by atoms with Crippen LogP contribution in [0.2, 0.25) is 0 Å². The molecule has 1 aromatic heterocycles. The van der Waals surface area contributed by atoms with Gasteiger partial charge in [-0.05, 0) is 36.6 Å². The van der Waals surface area contributed by atoms with E-state index in [4.69, 9.17) is 5.73 Å². The second-order valence-corrected chi connectivity index (χ2v) is 6.90. The smallest absolute Gasteiger partial charge is 0.244 e. The predicted molar refractivity (Wildman–Crippen MR) is 111 cm³/mol. The van der Waals surface area contributed by atoms with Gasteiger partial charge < -0.3 is 10.3 Å². The Kier molecular flexibility index (Phi) is 5.89. The zero-order valence-electron chi connectivity index (χ0n) is 16.1. The fraction of sp³-hybridized carbons (Fsp3) is 0.227. The second-order valence-electron chi connectivity index (χ2n) is 6.90. The van der Waals surface area contributed by atoms with Crippen molar-refractivity contribution in [3.63, 3.8) is 0 Å². The first-order chi connectivity index (χ1) is 13.4. The quantitative estimate of drug-likeness (QED) is 0.490. The molecule has 2 amide bonds. The van der Waals surface area contributed by atoms with E-state index < -0.39 is 0 Å². The van der Waals surface area contributed by atoms with Crippen LogP contribution in [0.5, 0.6) is 0 Å². The number of benzene rings is 2. The van der Waals surface area contributed by atoms with Crippen molar-refractivity contribution >= 4 is 28.9 Å². The first-order valence-electron chi connectivity index (χ1n) is 9.18. The number of nitrogens with one attached hydrogen (secondary N) is 1. The number of primary amides is 1. The highest BCUT2D eigenvalue weighted by Gasteiger charge is 2.08. The van der Waals surface area contributed by atoms with Crippen LogP contribution in [-0.2, 0) is 22.6 Å². The van der Waals surface area contributed by atoms with Crippen molar-refractivity contribution in [2.45, 2.75) is 33.2 Å². The monoisotopic (exact) mass is 376 g/mol. The van der Waals surface area contributed by atoms with Gasteiger partial charge in [0.1, 0.15) is 0 Å². The third-order valence-corrected chi connectivity index (χ3v) is 4.75. The fourth-order valence-corrected chi connectivity index (χ4v) is 3.11. The molecular weight excluding hydrogens is 352 g/mol. The van der Waals surface area contributed by atoms with Gasteiger partial charge in [-0.25, -0.2) is 5.43 Å². The lowest BCUT2D eigenvalue weighted by atomic mass is 10.0. The van der Waals surface area contributed by atoms with Crippen molar-refractivity contribution in [1.29, 1.82) is 0 Å². The van der Waals surface area contributed by atoms with E-state index in [2.05, 4.69) is 10.5 Å². The molecule has 0 radical (unpaired) electrons. The molecule has 0 aliphatic rings. The maximum Gasteiger partial charge on any atom is 0.244 e. The van der Waals surface area contributed by atoms with Crippen molar-refractivity contribution in [1.82, 2.24) is 9.99 Å². The molecule has 28 heavy (non-hydrogen) atoms. The highest BCUT2D eigenvalue weighted by molar-refractivity contribution is 5.99. The summed E-state index contributed by atoms with van der Waals surface area (Å²) >= 11 is 0. The van der Waals surface area contributed by atoms with Crippen LogP contribution in [0, 0.1) is 13.8 Å². The number of nitrogens with zero attached hydrogens (tertiary/aromatic N) is 2. The lowest BCUT2D eigenvalue weighted by molar-refractivity contribution is -0.120. The Morgan fingerprint density at radius 2 is 1.93 bits per heavy atom. The van der Waals surface area contributed by atoms with Crippen molar-refractivity contribution in [2.24, 2.45) is 10.8 Å². The van der Waals surface area contributed by atoms with Gasteiger partial charge in [-0.3, -0.25) is 9.59 Å². The average molecular weight is 376 g/mol. The number of carbonyl (C=O) groups excluding carboxylic acids is 2. The Labute approximate surface area is 164 Å². The highest BCUT2D eigenvalue weighted by atomic mass is 16.2. The third kappa shape index (κ3) is 4.65. The molecular formula is C22H24N4O2. The molecule has 1 heterocycles. The summed E-state index contributed by atoms with van der Waals surface area (Å²) in [7, 11) is 0. The van der Waals surface area contributed by atoms with E-state index in [1.54, 1.807) is 6.21 Å². The number of aromatic nitrogens is 1. The molecule has 3 aromatic rings. The van der Waals surface area contributed by atoms with E-state index in [0.29, 0.717) is 6.54 Å². The van der Waals surface area contributed by atoms with Crippen LogP contribution >= 0.6 is 0 Å². The van der Waals surface area contributed by atoms with Gasteiger partial charge in [0.15, 0.2) is 0 Å². The van der Waals surface area contributed by atoms with E-state index >= 15 is 0 Å². The number of hydrogen-bond acceptors (Lipinski definition) is 3. The van der Waals surface area contributed by atoms with Gasteiger partial charge in [0.25, 0.3) is 0 Å². The zero-order valence-corrected chi connectivity index (χ0v) is 16.1. The van der Waals surface area contributed by atoms with Crippen LogP contribution in [0.3, 0.4) is 0 Å². The number of amides is 2. The Bertz CT molecular complexity index is 1050. The van der Waals surface area contributed by atoms with Crippen molar-refractivity contribution in [3.8, 4) is 0 Å². The molecule has 0 fully saturated rings. The molecule has 144 valence electrons. The number of para-hydroxylation sites is 1. The van der Waals surface area contributed by atoms with Gasteiger partial charge in [0.2, 0.25) is 11.8 Å². The first kappa shape index (κ1) is 19.4. The van der Waals surface area contributed by atoms with Crippen molar-refractivity contribution in [2.75, 3.05) is 0 Å². The molecule has 3 N–H and O–H groups in total. The fourth-order valence-electron chi connectivity index (χ4n) is 3.11. The molecule has 0 bridgehead atoms. The van der Waals surface area contributed by atoms with Crippen LogP contribution in [0.15, 0.2) is 53.8 Å². The number of hydrazone groups is 1. The minimum absolute atomic E-state index is 0.169. The van der Waals surface area contributed by atoms with E-state index in [9.17, 15) is 9.59 Å². The van der Waals surface area contributed by atoms with Crippen LogP contribution in [0.4, 0.5) is 0 Å². The Morgan fingerprint density at radius 3 is 2.68 bits per heavy atom. The summed E-state index contributed by atoms with van der Waals surface area (Å²) < 4.78 is 1.97. The van der Waals surface area contributed by atoms with Gasteiger partial charge in [0, 0.05) is 35.6 Å². The molecule has 3 rings (SSSR count). The first-order valence-corrected chi connectivity index (χ1v) is 9.18. The lowest BCUT2D eigenvalue weighted by Crippen LogP contribution is -2.19. The molecule has 0 aliphatic carbocycles. The van der Waals surface area contributed by atoms with Gasteiger partial charge in [-0.15, -0.1) is 0 Å². The van der Waals surface area contributed by atoms with Crippen LogP contribution < -0.4 is 11.2 Å².